The van der Waals surface area contributed by atoms with Crippen molar-refractivity contribution in [1.82, 2.24) is 10.5 Å². The van der Waals surface area contributed by atoms with E-state index in [0.29, 0.717) is 28.7 Å². The molecular formula is C29H31FN6O. The van der Waals surface area contributed by atoms with Crippen molar-refractivity contribution >= 4 is 28.8 Å². The van der Waals surface area contributed by atoms with E-state index in [-0.39, 0.29) is 8.42 Å². The quantitative estimate of drug-likeness (QED) is 0.260. The van der Waals surface area contributed by atoms with Gasteiger partial charge in [-0.1, -0.05) is 30.3 Å². The lowest BCUT2D eigenvalue weighted by molar-refractivity contribution is 0.102. The number of carbonyl (C=O) groups is 1. The summed E-state index contributed by atoms with van der Waals surface area (Å²) in [4.78, 5) is 19.9. The van der Waals surface area contributed by atoms with E-state index in [1.54, 1.807) is 6.07 Å². The normalized spacial score (nSPS) is 16.5. The summed E-state index contributed by atoms with van der Waals surface area (Å²) in [6, 6.07) is 26.5. The maximum Gasteiger partial charge on any atom is 0.258 e. The first kappa shape index (κ1) is 23.0. The fraction of sp³-hybridized carbons (Fsp3) is 0.172. The molecule has 1 aromatic heterocycles. The van der Waals surface area contributed by atoms with E-state index in [2.05, 4.69) is 61.9 Å². The third-order valence-electron chi connectivity index (χ3n) is 6.96. The predicted octanol–water partition coefficient (Wildman–Crippen LogP) is 6.27. The molecule has 1 amide bonds. The number of nitrogens with zero attached hydrogens (tertiary/aromatic N) is 2. The van der Waals surface area contributed by atoms with Crippen LogP contribution in [-0.2, 0) is 0 Å². The zero-order chi connectivity index (χ0) is 25.2. The summed E-state index contributed by atoms with van der Waals surface area (Å²) in [6.45, 7) is 1.97. The molecule has 0 bridgehead atoms. The summed E-state index contributed by atoms with van der Waals surface area (Å²) in [5.74, 6) is 0.0577. The molecule has 8 heteroatoms. The second kappa shape index (κ2) is 9.91. The fourth-order valence-electron chi connectivity index (χ4n) is 5.00. The van der Waals surface area contributed by atoms with Gasteiger partial charge in [0.15, 0.2) is 5.82 Å². The minimum Gasteiger partial charge on any atom is -0.371 e. The van der Waals surface area contributed by atoms with E-state index in [9.17, 15) is 9.18 Å². The van der Waals surface area contributed by atoms with Crippen LogP contribution in [0.3, 0.4) is 0 Å². The lowest BCUT2D eigenvalue weighted by Crippen LogP contribution is -2.34. The summed E-state index contributed by atoms with van der Waals surface area (Å²) < 4.78 is 14.6. The number of nitrogens with one attached hydrogen (secondary N) is 4. The van der Waals surface area contributed by atoms with Crippen molar-refractivity contribution < 1.29 is 12.0 Å². The van der Waals surface area contributed by atoms with Gasteiger partial charge < -0.3 is 15.6 Å². The Balaban J connectivity index is 0.00000176. The van der Waals surface area contributed by atoms with Crippen molar-refractivity contribution in [2.75, 3.05) is 34.2 Å². The number of pyridine rings is 1. The van der Waals surface area contributed by atoms with Gasteiger partial charge >= 0.3 is 0 Å². The molecule has 0 aliphatic carbocycles. The van der Waals surface area contributed by atoms with Gasteiger partial charge in [0.1, 0.15) is 5.82 Å². The zero-order valence-corrected chi connectivity index (χ0v) is 20.2. The van der Waals surface area contributed by atoms with Crippen LogP contribution in [0, 0.1) is 5.82 Å². The molecule has 1 fully saturated rings. The standard InChI is InChI=1S/C29H27FN6O.2H2/c30-25-13-8-20(26-14-15-27-28(32-26)34-35-33-27)17-24(25)29(37)31-22-9-11-23(12-10-22)36-16-4-7-21(18-36)19-5-2-1-3-6-19;;/h1-3,5-6,8-15,17,21,33,35H,4,7,16,18H2,(H,31,37)(H,32,34);2*1H. The van der Waals surface area contributed by atoms with Crippen molar-refractivity contribution in [2.24, 2.45) is 0 Å². The molecule has 4 aromatic rings. The Hall–Kier alpha value is -4.43. The average Bonchev–Trinajstić information content (AvgIpc) is 3.42. The van der Waals surface area contributed by atoms with Crippen LogP contribution in [-0.4, -0.2) is 24.0 Å². The first-order chi connectivity index (χ1) is 18.1. The van der Waals surface area contributed by atoms with Gasteiger partial charge in [-0.2, -0.15) is 0 Å². The van der Waals surface area contributed by atoms with Gasteiger partial charge in [-0.05, 0) is 73.0 Å². The third kappa shape index (κ3) is 4.83. The molecule has 3 heterocycles. The summed E-state index contributed by atoms with van der Waals surface area (Å²) in [6.07, 6.45) is 2.32. The Morgan fingerprint density at radius 1 is 1.00 bits per heavy atom. The third-order valence-corrected chi connectivity index (χ3v) is 6.96. The van der Waals surface area contributed by atoms with Gasteiger partial charge in [-0.25, -0.2) is 9.37 Å². The first-order valence-electron chi connectivity index (χ1n) is 12.4. The van der Waals surface area contributed by atoms with E-state index in [1.165, 1.54) is 24.1 Å². The highest BCUT2D eigenvalue weighted by atomic mass is 19.1. The Morgan fingerprint density at radius 3 is 2.68 bits per heavy atom. The molecule has 2 aliphatic heterocycles. The van der Waals surface area contributed by atoms with Crippen LogP contribution < -0.4 is 26.6 Å². The monoisotopic (exact) mass is 498 g/mol. The summed E-state index contributed by atoms with van der Waals surface area (Å²) >= 11 is 0. The highest BCUT2D eigenvalue weighted by Crippen LogP contribution is 2.31. The molecule has 0 radical (unpaired) electrons. The van der Waals surface area contributed by atoms with Crippen LogP contribution in [0.15, 0.2) is 84.9 Å². The second-order valence-corrected chi connectivity index (χ2v) is 9.36. The highest BCUT2D eigenvalue weighted by molar-refractivity contribution is 6.05. The molecule has 1 atom stereocenters. The lowest BCUT2D eigenvalue weighted by Gasteiger charge is -2.34. The molecule has 4 N–H and O–H groups in total. The number of hydrazine groups is 2. The first-order valence-corrected chi connectivity index (χ1v) is 12.4. The SMILES string of the molecule is O=C(Nc1ccc(N2CCCC(c3ccccc3)C2)cc1)c1cc(-c2ccc3c(n2)NNN3)ccc1F.[HH].[HH]. The van der Waals surface area contributed by atoms with Crippen LogP contribution in [0.4, 0.5) is 27.3 Å². The number of hydrogen-bond donors (Lipinski definition) is 4. The van der Waals surface area contributed by atoms with Crippen molar-refractivity contribution in [2.45, 2.75) is 18.8 Å². The number of benzene rings is 3. The molecule has 0 spiro atoms. The number of piperidine rings is 1. The molecular weight excluding hydrogens is 467 g/mol. The maximum atomic E-state index is 14.6. The average molecular weight is 499 g/mol. The van der Waals surface area contributed by atoms with Gasteiger partial charge in [-0.3, -0.25) is 10.2 Å². The van der Waals surface area contributed by atoms with Gasteiger partial charge in [0.05, 0.1) is 16.9 Å². The largest absolute Gasteiger partial charge is 0.371 e. The number of amides is 1. The molecule has 0 saturated carbocycles. The minimum absolute atomic E-state index is 0. The molecule has 37 heavy (non-hydrogen) atoms. The maximum absolute atomic E-state index is 14.6. The highest BCUT2D eigenvalue weighted by Gasteiger charge is 2.22. The van der Waals surface area contributed by atoms with E-state index >= 15 is 0 Å². The Kier molecular flexibility index (Phi) is 6.16. The van der Waals surface area contributed by atoms with Crippen LogP contribution in [0.2, 0.25) is 0 Å². The van der Waals surface area contributed by atoms with E-state index < -0.39 is 11.7 Å². The molecule has 1 unspecified atom stereocenters. The number of fused-ring (bicyclic) bond motifs is 1. The van der Waals surface area contributed by atoms with E-state index in [4.69, 9.17) is 0 Å². The minimum atomic E-state index is -0.583. The number of rotatable bonds is 5. The van der Waals surface area contributed by atoms with E-state index in [1.807, 2.05) is 36.4 Å². The number of aromatic nitrogens is 1. The Labute approximate surface area is 217 Å². The fourth-order valence-corrected chi connectivity index (χ4v) is 5.00. The Morgan fingerprint density at radius 2 is 1.84 bits per heavy atom. The number of anilines is 4. The molecule has 1 saturated heterocycles. The van der Waals surface area contributed by atoms with Crippen LogP contribution in [0.25, 0.3) is 11.3 Å². The molecule has 6 rings (SSSR count). The summed E-state index contributed by atoms with van der Waals surface area (Å²) in [7, 11) is 0. The number of carbonyl (C=O) groups excluding carboxylic acids is 1. The number of hydrogen-bond acceptors (Lipinski definition) is 6. The van der Waals surface area contributed by atoms with E-state index in [0.717, 1.165) is 30.9 Å². The Bertz CT molecular complexity index is 1440. The summed E-state index contributed by atoms with van der Waals surface area (Å²) in [5.41, 5.74) is 13.8. The van der Waals surface area contributed by atoms with Crippen LogP contribution in [0.1, 0.15) is 37.5 Å². The van der Waals surface area contributed by atoms with Crippen LogP contribution >= 0.6 is 0 Å². The van der Waals surface area contributed by atoms with Crippen molar-refractivity contribution in [3.63, 3.8) is 0 Å². The second-order valence-electron chi connectivity index (χ2n) is 9.36. The van der Waals surface area contributed by atoms with Gasteiger partial charge in [0, 0.05) is 38.8 Å². The van der Waals surface area contributed by atoms with Crippen molar-refractivity contribution in [3.8, 4) is 11.3 Å². The van der Waals surface area contributed by atoms with Gasteiger partial charge in [-0.15, -0.1) is 5.53 Å². The topological polar surface area (TPSA) is 81.3 Å². The number of halogens is 1. The van der Waals surface area contributed by atoms with Gasteiger partial charge in [0.25, 0.3) is 5.91 Å². The molecule has 7 nitrogen and oxygen atoms in total. The van der Waals surface area contributed by atoms with Crippen molar-refractivity contribution in [1.29, 1.82) is 0 Å². The van der Waals surface area contributed by atoms with Gasteiger partial charge in [0.2, 0.25) is 0 Å². The smallest absolute Gasteiger partial charge is 0.258 e. The van der Waals surface area contributed by atoms with Crippen molar-refractivity contribution in [3.05, 3.63) is 102 Å². The zero-order valence-electron chi connectivity index (χ0n) is 20.2. The predicted molar refractivity (Wildman–Crippen MR) is 149 cm³/mol. The molecule has 3 aromatic carbocycles. The van der Waals surface area contributed by atoms with Crippen LogP contribution in [0.5, 0.6) is 0 Å². The lowest BCUT2D eigenvalue weighted by atomic mass is 9.90. The molecule has 2 aliphatic rings. The summed E-state index contributed by atoms with van der Waals surface area (Å²) in [5, 5.41) is 2.83. The molecule has 190 valence electrons.